The normalized spacial score (nSPS) is 40.7. The first-order chi connectivity index (χ1) is 8.44. The first-order valence-corrected chi connectivity index (χ1v) is 7.45. The molecule has 3 heteroatoms. The standard InChI is InChI=1S/C15H29NO2/c1-11-5-12(2)7-13(6-11)17-9-14-8-16-10-15(3,4)18-14/h11-14,16H,5-10H2,1-4H3. The van der Waals surface area contributed by atoms with Crippen molar-refractivity contribution in [3.63, 3.8) is 0 Å². The van der Waals surface area contributed by atoms with Crippen molar-refractivity contribution in [1.29, 1.82) is 0 Å². The average molecular weight is 255 g/mol. The zero-order valence-corrected chi connectivity index (χ0v) is 12.4. The molecule has 0 radical (unpaired) electrons. The summed E-state index contributed by atoms with van der Waals surface area (Å²) >= 11 is 0. The molecule has 2 rings (SSSR count). The van der Waals surface area contributed by atoms with E-state index in [1.807, 2.05) is 0 Å². The van der Waals surface area contributed by atoms with Crippen molar-refractivity contribution in [2.24, 2.45) is 11.8 Å². The minimum atomic E-state index is -0.0561. The van der Waals surface area contributed by atoms with Crippen molar-refractivity contribution >= 4 is 0 Å². The molecule has 106 valence electrons. The fourth-order valence-corrected chi connectivity index (χ4v) is 3.41. The van der Waals surface area contributed by atoms with Crippen LogP contribution in [0.3, 0.4) is 0 Å². The van der Waals surface area contributed by atoms with Gasteiger partial charge in [-0.15, -0.1) is 0 Å². The van der Waals surface area contributed by atoms with Gasteiger partial charge in [0.1, 0.15) is 0 Å². The second-order valence-electron chi connectivity index (χ2n) is 7.00. The number of hydrogen-bond acceptors (Lipinski definition) is 3. The van der Waals surface area contributed by atoms with E-state index in [9.17, 15) is 0 Å². The molecule has 0 amide bonds. The molecule has 1 N–H and O–H groups in total. The molecule has 1 saturated carbocycles. The van der Waals surface area contributed by atoms with Crippen LogP contribution in [-0.2, 0) is 9.47 Å². The highest BCUT2D eigenvalue weighted by molar-refractivity contribution is 4.82. The number of rotatable bonds is 3. The highest BCUT2D eigenvalue weighted by Crippen LogP contribution is 2.30. The zero-order chi connectivity index (χ0) is 13.2. The number of morpholine rings is 1. The van der Waals surface area contributed by atoms with Crippen molar-refractivity contribution in [3.8, 4) is 0 Å². The summed E-state index contributed by atoms with van der Waals surface area (Å²) in [7, 11) is 0. The van der Waals surface area contributed by atoms with E-state index in [1.165, 1.54) is 19.3 Å². The molecule has 18 heavy (non-hydrogen) atoms. The summed E-state index contributed by atoms with van der Waals surface area (Å²) in [5.41, 5.74) is -0.0561. The lowest BCUT2D eigenvalue weighted by Gasteiger charge is -2.38. The van der Waals surface area contributed by atoms with Gasteiger partial charge in [0.2, 0.25) is 0 Å². The van der Waals surface area contributed by atoms with Crippen molar-refractivity contribution < 1.29 is 9.47 Å². The van der Waals surface area contributed by atoms with E-state index in [1.54, 1.807) is 0 Å². The molecule has 3 atom stereocenters. The van der Waals surface area contributed by atoms with Gasteiger partial charge in [0, 0.05) is 13.1 Å². The van der Waals surface area contributed by atoms with E-state index in [2.05, 4.69) is 33.0 Å². The van der Waals surface area contributed by atoms with Crippen molar-refractivity contribution in [2.45, 2.75) is 64.8 Å². The Kier molecular flexibility index (Phi) is 4.68. The van der Waals surface area contributed by atoms with E-state index in [0.29, 0.717) is 6.10 Å². The summed E-state index contributed by atoms with van der Waals surface area (Å²) in [6, 6.07) is 0. The van der Waals surface area contributed by atoms with Crippen LogP contribution in [-0.4, -0.2) is 37.5 Å². The molecule has 3 unspecified atom stereocenters. The number of nitrogens with one attached hydrogen (secondary N) is 1. The predicted molar refractivity (Wildman–Crippen MR) is 73.7 cm³/mol. The summed E-state index contributed by atoms with van der Waals surface area (Å²) in [5, 5.41) is 3.43. The quantitative estimate of drug-likeness (QED) is 0.841. The van der Waals surface area contributed by atoms with Crippen LogP contribution >= 0.6 is 0 Å². The van der Waals surface area contributed by atoms with Crippen molar-refractivity contribution in [1.82, 2.24) is 5.32 Å². The first kappa shape index (κ1) is 14.3. The third kappa shape index (κ3) is 4.22. The van der Waals surface area contributed by atoms with E-state index in [-0.39, 0.29) is 11.7 Å². The highest BCUT2D eigenvalue weighted by atomic mass is 16.6. The van der Waals surface area contributed by atoms with Crippen LogP contribution in [0.5, 0.6) is 0 Å². The number of ether oxygens (including phenoxy) is 2. The lowest BCUT2D eigenvalue weighted by Crippen LogP contribution is -2.52. The van der Waals surface area contributed by atoms with Gasteiger partial charge >= 0.3 is 0 Å². The Hall–Kier alpha value is -0.120. The molecule has 0 aromatic heterocycles. The third-order valence-corrected chi connectivity index (χ3v) is 4.06. The van der Waals surface area contributed by atoms with Crippen LogP contribution in [0.25, 0.3) is 0 Å². The smallest absolute Gasteiger partial charge is 0.0940 e. The Bertz CT molecular complexity index is 255. The van der Waals surface area contributed by atoms with E-state index in [4.69, 9.17) is 9.47 Å². The third-order valence-electron chi connectivity index (χ3n) is 4.06. The molecule has 1 aliphatic carbocycles. The molecule has 0 bridgehead atoms. The van der Waals surface area contributed by atoms with Crippen LogP contribution in [0.1, 0.15) is 47.0 Å². The maximum atomic E-state index is 6.09. The van der Waals surface area contributed by atoms with Gasteiger partial charge in [-0.2, -0.15) is 0 Å². The molecular formula is C15H29NO2. The van der Waals surface area contributed by atoms with Crippen LogP contribution in [0.4, 0.5) is 0 Å². The monoisotopic (exact) mass is 255 g/mol. The first-order valence-electron chi connectivity index (χ1n) is 7.45. The lowest BCUT2D eigenvalue weighted by atomic mass is 9.82. The van der Waals surface area contributed by atoms with Crippen molar-refractivity contribution in [2.75, 3.05) is 19.7 Å². The molecule has 3 nitrogen and oxygen atoms in total. The summed E-state index contributed by atoms with van der Waals surface area (Å²) < 4.78 is 12.1. The van der Waals surface area contributed by atoms with Gasteiger partial charge in [0.05, 0.1) is 24.4 Å². The Morgan fingerprint density at radius 3 is 2.44 bits per heavy atom. The van der Waals surface area contributed by atoms with Crippen molar-refractivity contribution in [3.05, 3.63) is 0 Å². The van der Waals surface area contributed by atoms with Gasteiger partial charge in [-0.1, -0.05) is 13.8 Å². The second kappa shape index (κ2) is 5.89. The van der Waals surface area contributed by atoms with Gasteiger partial charge in [0.15, 0.2) is 0 Å². The topological polar surface area (TPSA) is 30.5 Å². The summed E-state index contributed by atoms with van der Waals surface area (Å²) in [4.78, 5) is 0. The Labute approximate surface area is 112 Å². The number of hydrogen-bond donors (Lipinski definition) is 1. The Morgan fingerprint density at radius 2 is 1.83 bits per heavy atom. The second-order valence-corrected chi connectivity index (χ2v) is 7.00. The minimum Gasteiger partial charge on any atom is -0.375 e. The van der Waals surface area contributed by atoms with Gasteiger partial charge in [-0.05, 0) is 44.9 Å². The molecular weight excluding hydrogens is 226 g/mol. The van der Waals surface area contributed by atoms with E-state index < -0.39 is 0 Å². The van der Waals surface area contributed by atoms with Crippen LogP contribution in [0, 0.1) is 11.8 Å². The Balaban J connectivity index is 1.74. The van der Waals surface area contributed by atoms with Crippen LogP contribution in [0.15, 0.2) is 0 Å². The van der Waals surface area contributed by atoms with E-state index in [0.717, 1.165) is 31.5 Å². The molecule has 0 aromatic carbocycles. The summed E-state index contributed by atoms with van der Waals surface area (Å²) in [5.74, 6) is 1.61. The summed E-state index contributed by atoms with van der Waals surface area (Å²) in [6.07, 6.45) is 4.44. The average Bonchev–Trinajstić information content (AvgIpc) is 2.24. The summed E-state index contributed by atoms with van der Waals surface area (Å²) in [6.45, 7) is 11.5. The van der Waals surface area contributed by atoms with Crippen LogP contribution < -0.4 is 5.32 Å². The van der Waals surface area contributed by atoms with Gasteiger partial charge in [-0.25, -0.2) is 0 Å². The molecule has 1 heterocycles. The van der Waals surface area contributed by atoms with Gasteiger partial charge < -0.3 is 14.8 Å². The Morgan fingerprint density at radius 1 is 1.17 bits per heavy atom. The molecule has 2 fully saturated rings. The van der Waals surface area contributed by atoms with Gasteiger partial charge in [0.25, 0.3) is 0 Å². The molecule has 2 aliphatic rings. The molecule has 0 aromatic rings. The largest absolute Gasteiger partial charge is 0.375 e. The lowest BCUT2D eigenvalue weighted by molar-refractivity contribution is -0.135. The highest BCUT2D eigenvalue weighted by Gasteiger charge is 2.30. The fraction of sp³-hybridized carbons (Fsp3) is 1.00. The SMILES string of the molecule is CC1CC(C)CC(OCC2CNCC(C)(C)O2)C1. The minimum absolute atomic E-state index is 0.0561. The molecule has 0 spiro atoms. The van der Waals surface area contributed by atoms with Gasteiger partial charge in [-0.3, -0.25) is 0 Å². The maximum Gasteiger partial charge on any atom is 0.0940 e. The fourth-order valence-electron chi connectivity index (χ4n) is 3.41. The van der Waals surface area contributed by atoms with Crippen LogP contribution in [0.2, 0.25) is 0 Å². The molecule has 1 aliphatic heterocycles. The zero-order valence-electron chi connectivity index (χ0n) is 12.4. The molecule has 1 saturated heterocycles. The maximum absolute atomic E-state index is 6.09. The predicted octanol–water partition coefficient (Wildman–Crippen LogP) is 2.59. The van der Waals surface area contributed by atoms with E-state index >= 15 is 0 Å².